The summed E-state index contributed by atoms with van der Waals surface area (Å²) in [6.07, 6.45) is 3.07. The standard InChI is InChI=1S/C27H20F2O5/c1-4-26(30)33-14-13-32-21-10-12-23(25(29)16-21)19-7-11-22(24(28)15-19)18-5-8-20(9-6-18)34-27(31)17(2)3/h4-16H,1-2H2,3H3. The fourth-order valence-electron chi connectivity index (χ4n) is 2.87. The van der Waals surface area contributed by atoms with Crippen LogP contribution in [-0.2, 0) is 14.3 Å². The molecule has 0 unspecified atom stereocenters. The van der Waals surface area contributed by atoms with E-state index in [1.165, 1.54) is 25.1 Å². The molecule has 3 aromatic carbocycles. The summed E-state index contributed by atoms with van der Waals surface area (Å²) in [7, 11) is 0. The smallest absolute Gasteiger partial charge is 0.338 e. The first-order valence-electron chi connectivity index (χ1n) is 10.0. The van der Waals surface area contributed by atoms with Crippen LogP contribution in [-0.4, -0.2) is 11.9 Å². The molecule has 0 saturated carbocycles. The van der Waals surface area contributed by atoms with Gasteiger partial charge in [0, 0.05) is 28.8 Å². The SMILES string of the molecule is C=CC(=O)OC=COc1ccc(-c2ccc(-c3ccc(OC(=O)C(=C)C)cc3)c(F)c2)c(F)c1. The van der Waals surface area contributed by atoms with E-state index in [0.717, 1.165) is 24.7 Å². The van der Waals surface area contributed by atoms with Gasteiger partial charge in [0.25, 0.3) is 0 Å². The Labute approximate surface area is 195 Å². The van der Waals surface area contributed by atoms with E-state index in [1.54, 1.807) is 36.4 Å². The summed E-state index contributed by atoms with van der Waals surface area (Å²) in [5.74, 6) is -1.90. The number of halogens is 2. The third-order valence-corrected chi connectivity index (χ3v) is 4.56. The highest BCUT2D eigenvalue weighted by Crippen LogP contribution is 2.31. The minimum Gasteiger partial charge on any atom is -0.462 e. The molecule has 5 nitrogen and oxygen atoms in total. The second-order valence-electron chi connectivity index (χ2n) is 7.06. The third kappa shape index (κ3) is 6.04. The van der Waals surface area contributed by atoms with Gasteiger partial charge in [-0.25, -0.2) is 18.4 Å². The van der Waals surface area contributed by atoms with Gasteiger partial charge in [0.05, 0.1) is 0 Å². The van der Waals surface area contributed by atoms with Crippen molar-refractivity contribution >= 4 is 11.9 Å². The van der Waals surface area contributed by atoms with E-state index in [9.17, 15) is 18.4 Å². The van der Waals surface area contributed by atoms with E-state index in [1.807, 2.05) is 0 Å². The van der Waals surface area contributed by atoms with E-state index in [4.69, 9.17) is 9.47 Å². The van der Waals surface area contributed by atoms with Gasteiger partial charge in [0.15, 0.2) is 0 Å². The number of ether oxygens (including phenoxy) is 3. The molecule has 0 aromatic heterocycles. The maximum absolute atomic E-state index is 14.8. The summed E-state index contributed by atoms with van der Waals surface area (Å²) in [5, 5.41) is 0. The lowest BCUT2D eigenvalue weighted by molar-refractivity contribution is -0.132. The number of hydrogen-bond donors (Lipinski definition) is 0. The normalized spacial score (nSPS) is 10.6. The quantitative estimate of drug-likeness (QED) is 0.169. The molecule has 0 aliphatic carbocycles. The monoisotopic (exact) mass is 462 g/mol. The molecular formula is C27H20F2O5. The van der Waals surface area contributed by atoms with Gasteiger partial charge in [0.1, 0.15) is 35.7 Å². The van der Waals surface area contributed by atoms with Gasteiger partial charge in [-0.2, -0.15) is 0 Å². The molecule has 0 atom stereocenters. The van der Waals surface area contributed by atoms with Crippen LogP contribution in [0, 0.1) is 11.6 Å². The zero-order valence-corrected chi connectivity index (χ0v) is 18.2. The first kappa shape index (κ1) is 24.1. The molecule has 0 fully saturated rings. The molecule has 0 bridgehead atoms. The molecule has 0 heterocycles. The molecule has 3 aromatic rings. The predicted molar refractivity (Wildman–Crippen MR) is 124 cm³/mol. The second kappa shape index (κ2) is 10.9. The average Bonchev–Trinajstić information content (AvgIpc) is 2.82. The summed E-state index contributed by atoms with van der Waals surface area (Å²) in [4.78, 5) is 22.5. The molecule has 0 N–H and O–H groups in total. The Morgan fingerprint density at radius 3 is 2.03 bits per heavy atom. The zero-order valence-electron chi connectivity index (χ0n) is 18.2. The van der Waals surface area contributed by atoms with Crippen molar-refractivity contribution in [1.82, 2.24) is 0 Å². The highest BCUT2D eigenvalue weighted by atomic mass is 19.1. The van der Waals surface area contributed by atoms with Crippen LogP contribution in [0.2, 0.25) is 0 Å². The topological polar surface area (TPSA) is 61.8 Å². The number of rotatable bonds is 8. The lowest BCUT2D eigenvalue weighted by Gasteiger charge is -2.10. The molecule has 0 radical (unpaired) electrons. The molecule has 0 aliphatic rings. The van der Waals surface area contributed by atoms with Crippen LogP contribution in [0.3, 0.4) is 0 Å². The summed E-state index contributed by atoms with van der Waals surface area (Å²) >= 11 is 0. The van der Waals surface area contributed by atoms with Gasteiger partial charge in [-0.1, -0.05) is 37.4 Å². The Hall–Kier alpha value is -4.52. The van der Waals surface area contributed by atoms with E-state index >= 15 is 0 Å². The fourth-order valence-corrected chi connectivity index (χ4v) is 2.87. The Balaban J connectivity index is 1.74. The van der Waals surface area contributed by atoms with Crippen LogP contribution in [0.4, 0.5) is 8.78 Å². The van der Waals surface area contributed by atoms with Crippen molar-refractivity contribution in [2.75, 3.05) is 0 Å². The lowest BCUT2D eigenvalue weighted by atomic mass is 9.99. The molecule has 3 rings (SSSR count). The molecule has 34 heavy (non-hydrogen) atoms. The Bertz CT molecular complexity index is 1280. The van der Waals surface area contributed by atoms with Gasteiger partial charge in [0.2, 0.25) is 0 Å². The first-order chi connectivity index (χ1) is 16.3. The molecule has 0 saturated heterocycles. The second-order valence-corrected chi connectivity index (χ2v) is 7.06. The first-order valence-corrected chi connectivity index (χ1v) is 10.0. The van der Waals surface area contributed by atoms with Crippen molar-refractivity contribution in [3.8, 4) is 33.8 Å². The van der Waals surface area contributed by atoms with Gasteiger partial charge >= 0.3 is 11.9 Å². The minimum atomic E-state index is -0.658. The van der Waals surface area contributed by atoms with Crippen molar-refractivity contribution < 1.29 is 32.6 Å². The third-order valence-electron chi connectivity index (χ3n) is 4.56. The number of carbonyl (C=O) groups excluding carboxylic acids is 2. The van der Waals surface area contributed by atoms with Crippen molar-refractivity contribution in [1.29, 1.82) is 0 Å². The largest absolute Gasteiger partial charge is 0.462 e. The highest BCUT2D eigenvalue weighted by Gasteiger charge is 2.12. The number of hydrogen-bond acceptors (Lipinski definition) is 5. The molecule has 0 spiro atoms. The fraction of sp³-hybridized carbons (Fsp3) is 0.0370. The van der Waals surface area contributed by atoms with Crippen LogP contribution in [0.25, 0.3) is 22.3 Å². The minimum absolute atomic E-state index is 0.164. The van der Waals surface area contributed by atoms with Crippen LogP contribution in [0.1, 0.15) is 6.92 Å². The number of esters is 2. The molecular weight excluding hydrogens is 442 g/mol. The zero-order chi connectivity index (χ0) is 24.7. The predicted octanol–water partition coefficient (Wildman–Crippen LogP) is 6.36. The summed E-state index contributed by atoms with van der Waals surface area (Å²) in [5.41, 5.74) is 1.66. The maximum atomic E-state index is 14.8. The van der Waals surface area contributed by atoms with Crippen molar-refractivity contribution in [3.05, 3.63) is 110 Å². The Morgan fingerprint density at radius 2 is 1.41 bits per heavy atom. The van der Waals surface area contributed by atoms with Gasteiger partial charge in [-0.3, -0.25) is 0 Å². The van der Waals surface area contributed by atoms with Crippen molar-refractivity contribution in [2.45, 2.75) is 6.92 Å². The van der Waals surface area contributed by atoms with Crippen molar-refractivity contribution in [3.63, 3.8) is 0 Å². The van der Waals surface area contributed by atoms with Crippen LogP contribution >= 0.6 is 0 Å². The van der Waals surface area contributed by atoms with E-state index in [-0.39, 0.29) is 16.9 Å². The average molecular weight is 462 g/mol. The van der Waals surface area contributed by atoms with Crippen LogP contribution in [0.5, 0.6) is 11.5 Å². The van der Waals surface area contributed by atoms with E-state index in [2.05, 4.69) is 17.9 Å². The molecule has 0 amide bonds. The van der Waals surface area contributed by atoms with Gasteiger partial charge in [-0.05, 0) is 48.4 Å². The van der Waals surface area contributed by atoms with E-state index in [0.29, 0.717) is 22.4 Å². The Morgan fingerprint density at radius 1 is 0.824 bits per heavy atom. The maximum Gasteiger partial charge on any atom is 0.338 e. The molecule has 7 heteroatoms. The highest BCUT2D eigenvalue weighted by molar-refractivity contribution is 5.88. The lowest BCUT2D eigenvalue weighted by Crippen LogP contribution is -2.07. The summed E-state index contributed by atoms with van der Waals surface area (Å²) in [6, 6.07) is 14.8. The van der Waals surface area contributed by atoms with E-state index < -0.39 is 23.6 Å². The van der Waals surface area contributed by atoms with Gasteiger partial charge in [-0.15, -0.1) is 0 Å². The summed E-state index contributed by atoms with van der Waals surface area (Å²) < 4.78 is 44.4. The molecule has 0 aliphatic heterocycles. The van der Waals surface area contributed by atoms with Crippen LogP contribution < -0.4 is 9.47 Å². The van der Waals surface area contributed by atoms with Gasteiger partial charge < -0.3 is 14.2 Å². The van der Waals surface area contributed by atoms with Crippen LogP contribution in [0.15, 0.2) is 98.0 Å². The van der Waals surface area contributed by atoms with Crippen molar-refractivity contribution in [2.24, 2.45) is 0 Å². The molecule has 172 valence electrons. The summed E-state index contributed by atoms with van der Waals surface area (Å²) in [6.45, 7) is 8.31. The number of carbonyl (C=O) groups is 2. The number of benzene rings is 3. The Kier molecular flexibility index (Phi) is 7.71.